The average Bonchev–Trinajstić information content (AvgIpc) is 3.44. The van der Waals surface area contributed by atoms with E-state index in [0.29, 0.717) is 44.7 Å². The number of likely N-dealkylation sites (N-methyl/N-ethyl adjacent to an activating group) is 1. The first kappa shape index (κ1) is 25.7. The number of rotatable bonds is 6. The normalized spacial score (nSPS) is 26.9. The van der Waals surface area contributed by atoms with Gasteiger partial charge in [-0.2, -0.15) is 18.4 Å². The van der Waals surface area contributed by atoms with Gasteiger partial charge in [-0.25, -0.2) is 8.42 Å². The fraction of sp³-hybridized carbons (Fsp3) is 0.652. The standard InChI is InChI=1S/C23H29F3N4O4S/c1-29-7-9-30(10-8-29)15-3-4-20(18(11-15)23(24,25)26)35(32,33)16-12-17(19(13-16)34-2)21(31)28-22(14-27)5-6-22/h3-4,11,16-17,19H,5-10,12-13H2,1-2H3,(H,28,31)/t16-,17-,19-/m0/s1. The molecule has 1 aromatic carbocycles. The van der Waals surface area contributed by atoms with E-state index in [9.17, 15) is 31.6 Å². The van der Waals surface area contributed by atoms with Crippen LogP contribution in [-0.4, -0.2) is 76.5 Å². The lowest BCUT2D eigenvalue weighted by molar-refractivity contribution is -0.139. The molecular formula is C23H29F3N4O4S. The molecular weight excluding hydrogens is 485 g/mol. The summed E-state index contributed by atoms with van der Waals surface area (Å²) in [7, 11) is -1.16. The first-order valence-corrected chi connectivity index (χ1v) is 13.1. The summed E-state index contributed by atoms with van der Waals surface area (Å²) in [6, 6.07) is 5.41. The summed E-state index contributed by atoms with van der Waals surface area (Å²) in [5.41, 5.74) is -1.80. The van der Waals surface area contributed by atoms with Crippen molar-refractivity contribution in [2.24, 2.45) is 5.92 Å². The highest BCUT2D eigenvalue weighted by Gasteiger charge is 2.51. The Kier molecular flexibility index (Phi) is 6.81. The molecule has 4 rings (SSSR count). The third-order valence-corrected chi connectivity index (χ3v) is 9.54. The molecule has 3 fully saturated rings. The number of alkyl halides is 3. The molecule has 1 aromatic rings. The number of nitrogens with one attached hydrogen (secondary N) is 1. The van der Waals surface area contributed by atoms with Gasteiger partial charge in [-0.3, -0.25) is 4.79 Å². The number of piperazine rings is 1. The summed E-state index contributed by atoms with van der Waals surface area (Å²) >= 11 is 0. The van der Waals surface area contributed by atoms with Crippen LogP contribution in [0.3, 0.4) is 0 Å². The molecule has 35 heavy (non-hydrogen) atoms. The minimum absolute atomic E-state index is 0.103. The molecule has 0 spiro atoms. The maximum atomic E-state index is 14.0. The highest BCUT2D eigenvalue weighted by molar-refractivity contribution is 7.92. The Hall–Kier alpha value is -2.36. The Balaban J connectivity index is 1.61. The van der Waals surface area contributed by atoms with Crippen molar-refractivity contribution >= 4 is 21.4 Å². The van der Waals surface area contributed by atoms with Crippen molar-refractivity contribution in [3.05, 3.63) is 23.8 Å². The second-order valence-electron chi connectivity index (χ2n) is 9.67. The maximum absolute atomic E-state index is 14.0. The minimum atomic E-state index is -4.87. The summed E-state index contributed by atoms with van der Waals surface area (Å²) in [6.07, 6.45) is -4.90. The Morgan fingerprint density at radius 1 is 1.20 bits per heavy atom. The van der Waals surface area contributed by atoms with Gasteiger partial charge in [0.25, 0.3) is 0 Å². The van der Waals surface area contributed by atoms with Crippen molar-refractivity contribution in [1.82, 2.24) is 10.2 Å². The van der Waals surface area contributed by atoms with Crippen LogP contribution in [-0.2, 0) is 25.5 Å². The molecule has 1 amide bonds. The van der Waals surface area contributed by atoms with E-state index in [4.69, 9.17) is 4.74 Å². The molecule has 0 unspecified atom stereocenters. The van der Waals surface area contributed by atoms with Crippen molar-refractivity contribution in [3.8, 4) is 6.07 Å². The molecule has 2 saturated carbocycles. The van der Waals surface area contributed by atoms with Crippen LogP contribution in [0.1, 0.15) is 31.2 Å². The summed E-state index contributed by atoms with van der Waals surface area (Å²) in [5.74, 6) is -1.38. The van der Waals surface area contributed by atoms with Gasteiger partial charge in [0.15, 0.2) is 9.84 Å². The third-order valence-electron chi connectivity index (χ3n) is 7.31. The van der Waals surface area contributed by atoms with Crippen LogP contribution < -0.4 is 10.2 Å². The summed E-state index contributed by atoms with van der Waals surface area (Å²) in [5, 5.41) is 10.7. The monoisotopic (exact) mass is 514 g/mol. The van der Waals surface area contributed by atoms with Gasteiger partial charge in [0.1, 0.15) is 5.54 Å². The molecule has 1 N–H and O–H groups in total. The predicted molar refractivity (Wildman–Crippen MR) is 121 cm³/mol. The highest BCUT2D eigenvalue weighted by atomic mass is 32.2. The number of anilines is 1. The number of nitrogens with zero attached hydrogens (tertiary/aromatic N) is 3. The Bertz CT molecular complexity index is 1120. The van der Waals surface area contributed by atoms with Gasteiger partial charge in [-0.1, -0.05) is 0 Å². The molecule has 1 saturated heterocycles. The lowest BCUT2D eigenvalue weighted by Gasteiger charge is -2.34. The average molecular weight is 515 g/mol. The number of methoxy groups -OCH3 is 1. The molecule has 3 aliphatic rings. The van der Waals surface area contributed by atoms with E-state index in [1.165, 1.54) is 13.2 Å². The van der Waals surface area contributed by atoms with Crippen molar-refractivity contribution in [2.75, 3.05) is 45.2 Å². The number of amides is 1. The lowest BCUT2D eigenvalue weighted by Crippen LogP contribution is -2.44. The minimum Gasteiger partial charge on any atom is -0.381 e. The molecule has 1 aliphatic heterocycles. The number of ether oxygens (including phenoxy) is 1. The Morgan fingerprint density at radius 2 is 1.86 bits per heavy atom. The van der Waals surface area contributed by atoms with E-state index in [1.54, 1.807) is 0 Å². The van der Waals surface area contributed by atoms with Crippen molar-refractivity contribution in [2.45, 2.75) is 53.6 Å². The van der Waals surface area contributed by atoms with Gasteiger partial charge < -0.3 is 19.9 Å². The summed E-state index contributed by atoms with van der Waals surface area (Å²) in [6.45, 7) is 2.47. The molecule has 3 atom stereocenters. The van der Waals surface area contributed by atoms with Gasteiger partial charge in [-0.15, -0.1) is 0 Å². The van der Waals surface area contributed by atoms with Crippen LogP contribution in [0.2, 0.25) is 0 Å². The molecule has 2 aliphatic carbocycles. The van der Waals surface area contributed by atoms with E-state index < -0.39 is 55.2 Å². The number of carbonyl (C=O) groups is 1. The molecule has 192 valence electrons. The number of sulfone groups is 1. The zero-order chi connectivity index (χ0) is 25.6. The van der Waals surface area contributed by atoms with Gasteiger partial charge in [-0.05, 0) is 50.9 Å². The van der Waals surface area contributed by atoms with Crippen LogP contribution in [0, 0.1) is 17.2 Å². The van der Waals surface area contributed by atoms with Gasteiger partial charge in [0.2, 0.25) is 5.91 Å². The van der Waals surface area contributed by atoms with E-state index in [0.717, 1.165) is 12.1 Å². The smallest absolute Gasteiger partial charge is 0.381 e. The predicted octanol–water partition coefficient (Wildman–Crippen LogP) is 2.20. The molecule has 0 bridgehead atoms. The number of carbonyl (C=O) groups excluding carboxylic acids is 1. The van der Waals surface area contributed by atoms with Crippen molar-refractivity contribution in [1.29, 1.82) is 5.26 Å². The quantitative estimate of drug-likeness (QED) is 0.621. The molecule has 8 nitrogen and oxygen atoms in total. The van der Waals surface area contributed by atoms with E-state index in [1.807, 2.05) is 18.0 Å². The highest BCUT2D eigenvalue weighted by Crippen LogP contribution is 2.43. The van der Waals surface area contributed by atoms with Gasteiger partial charge in [0, 0.05) is 39.0 Å². The number of hydrogen-bond acceptors (Lipinski definition) is 7. The lowest BCUT2D eigenvalue weighted by atomic mass is 10.0. The molecule has 1 heterocycles. The largest absolute Gasteiger partial charge is 0.417 e. The number of benzene rings is 1. The molecule has 12 heteroatoms. The fourth-order valence-corrected chi connectivity index (χ4v) is 6.89. The number of halogens is 3. The third kappa shape index (κ3) is 5.13. The summed E-state index contributed by atoms with van der Waals surface area (Å²) < 4.78 is 74.4. The zero-order valence-electron chi connectivity index (χ0n) is 19.6. The second-order valence-corrected chi connectivity index (χ2v) is 11.9. The Labute approximate surface area is 202 Å². The Morgan fingerprint density at radius 3 is 2.40 bits per heavy atom. The van der Waals surface area contributed by atoms with Crippen LogP contribution in [0.4, 0.5) is 18.9 Å². The first-order valence-electron chi connectivity index (χ1n) is 11.5. The molecule has 0 radical (unpaired) electrons. The van der Waals surface area contributed by atoms with E-state index >= 15 is 0 Å². The van der Waals surface area contributed by atoms with Gasteiger partial charge >= 0.3 is 6.18 Å². The van der Waals surface area contributed by atoms with Gasteiger partial charge in [0.05, 0.1) is 33.8 Å². The maximum Gasteiger partial charge on any atom is 0.417 e. The van der Waals surface area contributed by atoms with Crippen LogP contribution in [0.25, 0.3) is 0 Å². The first-order chi connectivity index (χ1) is 16.4. The fourth-order valence-electron chi connectivity index (χ4n) is 4.89. The van der Waals surface area contributed by atoms with Crippen LogP contribution in [0.5, 0.6) is 0 Å². The van der Waals surface area contributed by atoms with E-state index in [2.05, 4.69) is 10.2 Å². The molecule has 0 aromatic heterocycles. The van der Waals surface area contributed by atoms with E-state index in [-0.39, 0.29) is 12.8 Å². The topological polar surface area (TPSA) is 103 Å². The van der Waals surface area contributed by atoms with Crippen molar-refractivity contribution < 1.29 is 31.1 Å². The van der Waals surface area contributed by atoms with Crippen molar-refractivity contribution in [3.63, 3.8) is 0 Å². The second kappa shape index (κ2) is 9.26. The number of hydrogen-bond donors (Lipinski definition) is 1. The SMILES string of the molecule is CO[C@H]1C[C@@H](S(=O)(=O)c2ccc(N3CCN(C)CC3)cc2C(F)(F)F)C[C@@H]1C(=O)NC1(C#N)CC1. The van der Waals surface area contributed by atoms with Crippen LogP contribution >= 0.6 is 0 Å². The van der Waals surface area contributed by atoms with Crippen LogP contribution in [0.15, 0.2) is 23.1 Å². The zero-order valence-corrected chi connectivity index (χ0v) is 20.5. The summed E-state index contributed by atoms with van der Waals surface area (Å²) in [4.78, 5) is 15.9. The number of nitriles is 1.